The van der Waals surface area contributed by atoms with Crippen molar-refractivity contribution in [2.75, 3.05) is 11.5 Å². The maximum absolute atomic E-state index is 13.6. The van der Waals surface area contributed by atoms with Crippen molar-refractivity contribution in [2.45, 2.75) is 44.9 Å². The van der Waals surface area contributed by atoms with Crippen molar-refractivity contribution >= 4 is 34.7 Å². The van der Waals surface area contributed by atoms with Crippen molar-refractivity contribution in [2.24, 2.45) is 0 Å². The molecule has 3 aromatic heterocycles. The second-order valence-electron chi connectivity index (χ2n) is 9.98. The molecule has 6 rings (SSSR count). The molecule has 0 spiro atoms. The number of rotatable bonds is 4. The van der Waals surface area contributed by atoms with Gasteiger partial charge in [0.15, 0.2) is 0 Å². The maximum Gasteiger partial charge on any atom is 0.532 e. The van der Waals surface area contributed by atoms with Crippen molar-refractivity contribution < 1.29 is 22.3 Å². The Morgan fingerprint density at radius 1 is 1.06 bits per heavy atom. The van der Waals surface area contributed by atoms with Crippen LogP contribution in [-0.4, -0.2) is 53.8 Å². The number of halogens is 1. The summed E-state index contributed by atoms with van der Waals surface area (Å²) in [5.41, 5.74) is 2.68. The molecule has 5 heterocycles. The van der Waals surface area contributed by atoms with Gasteiger partial charge in [-0.1, -0.05) is 0 Å². The molecule has 8 nitrogen and oxygen atoms in total. The number of fused-ring (bicyclic) bond motifs is 1. The molecule has 0 N–H and O–H groups in total. The predicted octanol–water partition coefficient (Wildman–Crippen LogP) is 3.50. The van der Waals surface area contributed by atoms with Crippen LogP contribution in [-0.2, 0) is 20.1 Å². The van der Waals surface area contributed by atoms with Gasteiger partial charge in [-0.05, 0) is 58.0 Å². The number of nitrogens with zero attached hydrogens (tertiary/aromatic N) is 4. The van der Waals surface area contributed by atoms with Crippen molar-refractivity contribution in [3.05, 3.63) is 48.7 Å². The van der Waals surface area contributed by atoms with Crippen LogP contribution in [0.4, 0.5) is 4.39 Å². The highest BCUT2D eigenvalue weighted by molar-refractivity contribution is 7.86. The Kier molecular flexibility index (Phi) is 5.04. The molecule has 35 heavy (non-hydrogen) atoms. The van der Waals surface area contributed by atoms with Crippen LogP contribution in [0.1, 0.15) is 33.7 Å². The molecular weight excluding hydrogens is 470 g/mol. The van der Waals surface area contributed by atoms with E-state index in [1.165, 1.54) is 18.5 Å². The van der Waals surface area contributed by atoms with E-state index in [0.717, 1.165) is 11.1 Å². The summed E-state index contributed by atoms with van der Waals surface area (Å²) in [5, 5.41) is 5.48. The molecule has 0 unspecified atom stereocenters. The molecule has 11 heteroatoms. The van der Waals surface area contributed by atoms with E-state index in [2.05, 4.69) is 9.97 Å². The van der Waals surface area contributed by atoms with Crippen LogP contribution in [0.25, 0.3) is 33.6 Å². The van der Waals surface area contributed by atoms with Gasteiger partial charge in [0.25, 0.3) is 0 Å². The second kappa shape index (κ2) is 7.81. The predicted molar refractivity (Wildman–Crippen MR) is 131 cm³/mol. The molecule has 2 aliphatic heterocycles. The minimum absolute atomic E-state index is 0.0470. The molecule has 0 radical (unpaired) electrons. The fourth-order valence-electron chi connectivity index (χ4n) is 4.27. The van der Waals surface area contributed by atoms with Crippen LogP contribution in [0.3, 0.4) is 0 Å². The molecule has 0 atom stereocenters. The van der Waals surface area contributed by atoms with Gasteiger partial charge in [0.2, 0.25) is 5.71 Å². The van der Waals surface area contributed by atoms with Gasteiger partial charge < -0.3 is 13.7 Å². The third-order valence-electron chi connectivity index (χ3n) is 7.07. The summed E-state index contributed by atoms with van der Waals surface area (Å²) in [4.78, 5) is 8.89. The molecule has 0 aliphatic carbocycles. The topological polar surface area (TPSA) is 92.3 Å². The third-order valence-corrected chi connectivity index (χ3v) is 8.58. The smallest absolute Gasteiger partial charge is 0.446 e. The average molecular weight is 494 g/mol. The first-order chi connectivity index (χ1) is 16.6. The molecule has 2 fully saturated rings. The van der Waals surface area contributed by atoms with Crippen LogP contribution in [0, 0.1) is 5.82 Å². The monoisotopic (exact) mass is 494 g/mol. The molecular formula is C24H24BFN4O4S. The molecule has 0 bridgehead atoms. The van der Waals surface area contributed by atoms with E-state index in [4.69, 9.17) is 18.8 Å². The minimum Gasteiger partial charge on any atom is -0.446 e. The summed E-state index contributed by atoms with van der Waals surface area (Å²) in [6, 6.07) is 8.07. The highest BCUT2D eigenvalue weighted by atomic mass is 32.2. The van der Waals surface area contributed by atoms with Crippen molar-refractivity contribution in [3.8, 4) is 22.5 Å². The highest BCUT2D eigenvalue weighted by Gasteiger charge is 2.53. The lowest BCUT2D eigenvalue weighted by Gasteiger charge is -2.32. The summed E-state index contributed by atoms with van der Waals surface area (Å²) >= 11 is 0. The zero-order chi connectivity index (χ0) is 24.5. The standard InChI is InChI=1S/C24H24BFN4O4S/c1-23(2)24(3,4)34-25(33-23)19-9-17-21(27-13-28-22(17)32-19)18-10-30(16-11-35(31)12-16)29-20(18)14-5-7-15(26)8-6-14/h5-10,13,16H,11-12H2,1-4H3. The fraction of sp³-hybridized carbons (Fsp3) is 0.375. The first-order valence-electron chi connectivity index (χ1n) is 11.4. The van der Waals surface area contributed by atoms with Gasteiger partial charge in [0, 0.05) is 39.6 Å². The second-order valence-corrected chi connectivity index (χ2v) is 11.5. The Morgan fingerprint density at radius 3 is 2.40 bits per heavy atom. The Labute approximate surface area is 204 Å². The quantitative estimate of drug-likeness (QED) is 0.401. The number of hydrogen-bond acceptors (Lipinski definition) is 7. The Balaban J connectivity index is 1.46. The van der Waals surface area contributed by atoms with Crippen LogP contribution in [0.5, 0.6) is 0 Å². The van der Waals surface area contributed by atoms with Gasteiger partial charge in [0.05, 0.1) is 28.3 Å². The van der Waals surface area contributed by atoms with E-state index in [1.807, 2.05) is 44.6 Å². The number of aromatic nitrogens is 4. The summed E-state index contributed by atoms with van der Waals surface area (Å²) in [6.07, 6.45) is 3.35. The lowest BCUT2D eigenvalue weighted by molar-refractivity contribution is 0.00578. The Morgan fingerprint density at radius 2 is 1.74 bits per heavy atom. The number of hydrogen-bond donors (Lipinski definition) is 0. The van der Waals surface area contributed by atoms with Gasteiger partial charge in [0.1, 0.15) is 23.5 Å². The van der Waals surface area contributed by atoms with Crippen LogP contribution in [0.2, 0.25) is 0 Å². The van der Waals surface area contributed by atoms with Gasteiger partial charge in [-0.15, -0.1) is 0 Å². The van der Waals surface area contributed by atoms with E-state index < -0.39 is 29.1 Å². The van der Waals surface area contributed by atoms with Crippen LogP contribution in [0.15, 0.2) is 47.3 Å². The van der Waals surface area contributed by atoms with E-state index in [9.17, 15) is 8.60 Å². The summed E-state index contributed by atoms with van der Waals surface area (Å²) in [6.45, 7) is 7.94. The molecule has 0 saturated carbocycles. The maximum atomic E-state index is 13.6. The van der Waals surface area contributed by atoms with Gasteiger partial charge in [-0.3, -0.25) is 8.89 Å². The first kappa shape index (κ1) is 22.6. The molecule has 1 aromatic carbocycles. The first-order valence-corrected chi connectivity index (χ1v) is 12.9. The largest absolute Gasteiger partial charge is 0.532 e. The number of furan rings is 1. The highest BCUT2D eigenvalue weighted by Crippen LogP contribution is 2.38. The Hall–Kier alpha value is -2.89. The van der Waals surface area contributed by atoms with Crippen molar-refractivity contribution in [1.29, 1.82) is 0 Å². The van der Waals surface area contributed by atoms with Crippen molar-refractivity contribution in [1.82, 2.24) is 19.7 Å². The minimum atomic E-state index is -0.824. The summed E-state index contributed by atoms with van der Waals surface area (Å²) in [7, 11) is -1.50. The van der Waals surface area contributed by atoms with Gasteiger partial charge >= 0.3 is 7.12 Å². The van der Waals surface area contributed by atoms with Crippen molar-refractivity contribution in [3.63, 3.8) is 0 Å². The normalized spacial score (nSPS) is 23.1. The van der Waals surface area contributed by atoms with Crippen LogP contribution >= 0.6 is 0 Å². The summed E-state index contributed by atoms with van der Waals surface area (Å²) < 4.78 is 45.5. The lowest BCUT2D eigenvalue weighted by atomic mass is 9.86. The fourth-order valence-corrected chi connectivity index (χ4v) is 5.34. The van der Waals surface area contributed by atoms with Gasteiger partial charge in [-0.25, -0.2) is 14.4 Å². The molecule has 2 aliphatic rings. The third kappa shape index (κ3) is 3.73. The zero-order valence-corrected chi connectivity index (χ0v) is 20.6. The molecule has 4 aromatic rings. The summed E-state index contributed by atoms with van der Waals surface area (Å²) in [5.74, 6) is 0.789. The van der Waals surface area contributed by atoms with E-state index in [0.29, 0.717) is 39.7 Å². The molecule has 2 saturated heterocycles. The van der Waals surface area contributed by atoms with E-state index >= 15 is 0 Å². The van der Waals surface area contributed by atoms with E-state index in [-0.39, 0.29) is 11.9 Å². The van der Waals surface area contributed by atoms with Crippen LogP contribution < -0.4 is 5.66 Å². The Bertz CT molecular complexity index is 1440. The average Bonchev–Trinajstić information content (AvgIpc) is 3.46. The molecule has 180 valence electrons. The van der Waals surface area contributed by atoms with E-state index in [1.54, 1.807) is 12.1 Å². The zero-order valence-electron chi connectivity index (χ0n) is 19.8. The lowest BCUT2D eigenvalue weighted by Crippen LogP contribution is -2.41. The molecule has 0 amide bonds. The number of benzene rings is 1. The SMILES string of the molecule is CC1(C)OB(c2cc3c(-c4cn(C5CS(=O)C5)nc4-c4ccc(F)cc4)ncnc3o2)OC1(C)C. The van der Waals surface area contributed by atoms with Gasteiger partial charge in [-0.2, -0.15) is 5.10 Å².